The third-order valence-electron chi connectivity index (χ3n) is 0.472. The van der Waals surface area contributed by atoms with Gasteiger partial charge in [0.1, 0.15) is 0 Å². The van der Waals surface area contributed by atoms with Gasteiger partial charge >= 0.3 is 0 Å². The average molecular weight is 120 g/mol. The molecule has 0 amide bonds. The molecule has 0 radical (unpaired) electrons. The van der Waals surface area contributed by atoms with Gasteiger partial charge in [-0.25, -0.2) is 0 Å². The molecule has 0 unspecified atom stereocenters. The fourth-order valence-corrected chi connectivity index (χ4v) is 0.0968. The van der Waals surface area contributed by atoms with Crippen LogP contribution in [0.3, 0.4) is 0 Å². The first kappa shape index (κ1) is 6.50. The minimum Gasteiger partial charge on any atom is -0.514 e. The van der Waals surface area contributed by atoms with Crippen LogP contribution in [-0.4, -0.2) is 10.8 Å². The molecule has 3 heteroatoms. The molecule has 0 aliphatic rings. The number of hydrogen-bond acceptors (Lipinski definition) is 2. The molecule has 0 aromatic heterocycles. The molecular formula is C4H6ClNO. The highest BCUT2D eigenvalue weighted by molar-refractivity contribution is 6.42. The van der Waals surface area contributed by atoms with E-state index in [-0.39, 0.29) is 10.7 Å². The van der Waals surface area contributed by atoms with Crippen molar-refractivity contribution in [1.82, 2.24) is 0 Å². The molecule has 0 aliphatic carbocycles. The summed E-state index contributed by atoms with van der Waals surface area (Å²) in [5, 5.41) is 14.9. The predicted octanol–water partition coefficient (Wildman–Crippen LogP) is 1.66. The zero-order valence-electron chi connectivity index (χ0n) is 3.90. The van der Waals surface area contributed by atoms with Crippen LogP contribution in [0.15, 0.2) is 11.3 Å². The van der Waals surface area contributed by atoms with Gasteiger partial charge in [-0.05, 0) is 6.92 Å². The van der Waals surface area contributed by atoms with Crippen LogP contribution in [0.1, 0.15) is 6.92 Å². The monoisotopic (exact) mass is 119 g/mol. The summed E-state index contributed by atoms with van der Waals surface area (Å²) >= 11 is 5.19. The molecule has 2 N–H and O–H groups in total. The van der Waals surface area contributed by atoms with E-state index in [2.05, 4.69) is 0 Å². The van der Waals surface area contributed by atoms with E-state index in [1.165, 1.54) is 6.92 Å². The van der Waals surface area contributed by atoms with Crippen molar-refractivity contribution in [1.29, 1.82) is 5.41 Å². The molecule has 2 nitrogen and oxygen atoms in total. The molecule has 7 heavy (non-hydrogen) atoms. The van der Waals surface area contributed by atoms with Gasteiger partial charge in [0.15, 0.2) is 0 Å². The predicted molar refractivity (Wildman–Crippen MR) is 30.0 cm³/mol. The van der Waals surface area contributed by atoms with E-state index in [0.717, 1.165) is 0 Å². The second kappa shape index (κ2) is 2.64. The lowest BCUT2D eigenvalue weighted by Gasteiger charge is -1.85. The van der Waals surface area contributed by atoms with Crippen LogP contribution in [0.2, 0.25) is 0 Å². The van der Waals surface area contributed by atoms with Crippen molar-refractivity contribution in [2.45, 2.75) is 6.92 Å². The molecule has 0 saturated heterocycles. The van der Waals surface area contributed by atoms with Gasteiger partial charge in [0.05, 0.1) is 11.3 Å². The van der Waals surface area contributed by atoms with Gasteiger partial charge in [0.25, 0.3) is 0 Å². The average Bonchev–Trinajstić information content (AvgIpc) is 1.65. The number of allylic oxidation sites excluding steroid dienone is 1. The molecule has 0 aliphatic heterocycles. The molecule has 0 heterocycles. The Hall–Kier alpha value is -0.500. The zero-order chi connectivity index (χ0) is 5.86. The number of aliphatic hydroxyl groups excluding tert-OH is 1. The fraction of sp³-hybridized carbons (Fsp3) is 0.250. The highest BCUT2D eigenvalue weighted by Crippen LogP contribution is 1.98. The SMILES string of the molecule is CC(=N)/C(Cl)=C\O. The number of hydrogen-bond donors (Lipinski definition) is 2. The largest absolute Gasteiger partial charge is 0.514 e. The zero-order valence-corrected chi connectivity index (χ0v) is 4.66. The molecular weight excluding hydrogens is 114 g/mol. The summed E-state index contributed by atoms with van der Waals surface area (Å²) < 4.78 is 0. The van der Waals surface area contributed by atoms with Gasteiger partial charge in [-0.15, -0.1) is 0 Å². The summed E-state index contributed by atoms with van der Waals surface area (Å²) in [7, 11) is 0. The Morgan fingerprint density at radius 1 is 1.86 bits per heavy atom. The minimum atomic E-state index is 0.0833. The van der Waals surface area contributed by atoms with Gasteiger partial charge in [0.2, 0.25) is 0 Å². The quantitative estimate of drug-likeness (QED) is 0.400. The van der Waals surface area contributed by atoms with E-state index >= 15 is 0 Å². The number of aliphatic hydroxyl groups is 1. The maximum Gasteiger partial charge on any atom is 0.0996 e. The number of halogens is 1. The van der Waals surface area contributed by atoms with E-state index in [9.17, 15) is 0 Å². The lowest BCUT2D eigenvalue weighted by atomic mass is 10.4. The van der Waals surface area contributed by atoms with E-state index in [1.807, 2.05) is 0 Å². The van der Waals surface area contributed by atoms with Crippen molar-refractivity contribution >= 4 is 17.3 Å². The Morgan fingerprint density at radius 2 is 2.29 bits per heavy atom. The molecule has 40 valence electrons. The molecule has 0 rings (SSSR count). The normalized spacial score (nSPS) is 11.4. The Bertz CT molecular complexity index is 108. The van der Waals surface area contributed by atoms with Gasteiger partial charge in [-0.1, -0.05) is 11.6 Å². The molecule has 0 spiro atoms. The number of rotatable bonds is 1. The van der Waals surface area contributed by atoms with E-state index < -0.39 is 0 Å². The highest BCUT2D eigenvalue weighted by atomic mass is 35.5. The van der Waals surface area contributed by atoms with Crippen molar-refractivity contribution in [2.24, 2.45) is 0 Å². The summed E-state index contributed by atoms with van der Waals surface area (Å²) in [6, 6.07) is 0. The fourth-order valence-electron chi connectivity index (χ4n) is 0.0968. The second-order valence-electron chi connectivity index (χ2n) is 1.10. The Labute approximate surface area is 46.9 Å². The minimum absolute atomic E-state index is 0.0833. The smallest absolute Gasteiger partial charge is 0.0996 e. The van der Waals surface area contributed by atoms with E-state index in [1.54, 1.807) is 0 Å². The number of nitrogens with one attached hydrogen (secondary N) is 1. The third kappa shape index (κ3) is 2.23. The maximum absolute atomic E-state index is 8.07. The van der Waals surface area contributed by atoms with Gasteiger partial charge in [0, 0.05) is 5.71 Å². The van der Waals surface area contributed by atoms with E-state index in [0.29, 0.717) is 6.26 Å². The van der Waals surface area contributed by atoms with Crippen molar-refractivity contribution < 1.29 is 5.11 Å². The van der Waals surface area contributed by atoms with Crippen LogP contribution < -0.4 is 0 Å². The van der Waals surface area contributed by atoms with Crippen molar-refractivity contribution in [3.05, 3.63) is 11.3 Å². The Balaban J connectivity index is 3.82. The van der Waals surface area contributed by atoms with Crippen LogP contribution in [-0.2, 0) is 0 Å². The van der Waals surface area contributed by atoms with Crippen molar-refractivity contribution in [3.8, 4) is 0 Å². The van der Waals surface area contributed by atoms with Gasteiger partial charge in [-0.3, -0.25) is 0 Å². The molecule has 0 fully saturated rings. The molecule has 0 aromatic rings. The van der Waals surface area contributed by atoms with Crippen LogP contribution in [0, 0.1) is 5.41 Å². The van der Waals surface area contributed by atoms with Crippen molar-refractivity contribution in [3.63, 3.8) is 0 Å². The Kier molecular flexibility index (Phi) is 2.45. The maximum atomic E-state index is 8.07. The first-order valence-electron chi connectivity index (χ1n) is 1.74. The molecule has 0 atom stereocenters. The standard InChI is InChI=1S/C4H6ClNO/c1-3(6)4(5)2-7/h2,6-7H,1H3/b4-2+,6-3?. The molecule has 0 aromatic carbocycles. The van der Waals surface area contributed by atoms with Crippen LogP contribution in [0.5, 0.6) is 0 Å². The second-order valence-corrected chi connectivity index (χ2v) is 1.51. The first-order valence-corrected chi connectivity index (χ1v) is 2.11. The van der Waals surface area contributed by atoms with Crippen LogP contribution in [0.25, 0.3) is 0 Å². The molecule has 0 bridgehead atoms. The van der Waals surface area contributed by atoms with Gasteiger partial charge in [-0.2, -0.15) is 0 Å². The van der Waals surface area contributed by atoms with Crippen LogP contribution >= 0.6 is 11.6 Å². The van der Waals surface area contributed by atoms with Crippen LogP contribution in [0.4, 0.5) is 0 Å². The Morgan fingerprint density at radius 3 is 2.29 bits per heavy atom. The highest BCUT2D eigenvalue weighted by Gasteiger charge is 1.89. The lowest BCUT2D eigenvalue weighted by molar-refractivity contribution is 0.473. The van der Waals surface area contributed by atoms with Gasteiger partial charge < -0.3 is 10.5 Å². The summed E-state index contributed by atoms with van der Waals surface area (Å²) in [5.74, 6) is 0. The summed E-state index contributed by atoms with van der Waals surface area (Å²) in [4.78, 5) is 0. The summed E-state index contributed by atoms with van der Waals surface area (Å²) in [6.07, 6.45) is 0.698. The van der Waals surface area contributed by atoms with Crippen molar-refractivity contribution in [2.75, 3.05) is 0 Å². The summed E-state index contributed by atoms with van der Waals surface area (Å²) in [5.41, 5.74) is 0.171. The summed E-state index contributed by atoms with van der Waals surface area (Å²) in [6.45, 7) is 1.50. The topological polar surface area (TPSA) is 44.1 Å². The first-order chi connectivity index (χ1) is 3.18. The lowest BCUT2D eigenvalue weighted by Crippen LogP contribution is -1.85. The van der Waals surface area contributed by atoms with E-state index in [4.69, 9.17) is 22.1 Å². The molecule has 0 saturated carbocycles. The third-order valence-corrected chi connectivity index (χ3v) is 0.853.